The number of hydrogen-bond acceptors (Lipinski definition) is 2. The van der Waals surface area contributed by atoms with Gasteiger partial charge in [-0.2, -0.15) is 0 Å². The summed E-state index contributed by atoms with van der Waals surface area (Å²) in [5, 5.41) is 5.28. The molecular weight excluding hydrogens is 228 g/mol. The van der Waals surface area contributed by atoms with Crippen LogP contribution in [0.5, 0.6) is 0 Å². The molecule has 3 unspecified atom stereocenters. The lowest BCUT2D eigenvalue weighted by Crippen LogP contribution is -2.61. The molecule has 4 nitrogen and oxygen atoms in total. The van der Waals surface area contributed by atoms with E-state index in [2.05, 4.69) is 29.7 Å². The Hall–Kier alpha value is -1.84. The predicted molar refractivity (Wildman–Crippen MR) is 67.0 cm³/mol. The van der Waals surface area contributed by atoms with Crippen LogP contribution in [0.25, 0.3) is 0 Å². The zero-order chi connectivity index (χ0) is 12.8. The monoisotopic (exact) mass is 244 g/mol. The largest absolute Gasteiger partial charge is 0.333 e. The summed E-state index contributed by atoms with van der Waals surface area (Å²) in [6.45, 7) is 2.13. The van der Waals surface area contributed by atoms with Crippen LogP contribution in [-0.4, -0.2) is 18.0 Å². The minimum Gasteiger partial charge on any atom is -0.333 e. The van der Waals surface area contributed by atoms with Crippen molar-refractivity contribution in [2.75, 3.05) is 0 Å². The smallest absolute Gasteiger partial charge is 0.321 e. The molecule has 1 heterocycles. The van der Waals surface area contributed by atoms with Gasteiger partial charge in [0.25, 0.3) is 0 Å². The summed E-state index contributed by atoms with van der Waals surface area (Å²) in [6, 6.07) is 9.65. The summed E-state index contributed by atoms with van der Waals surface area (Å²) < 4.78 is 0. The number of urea groups is 1. The summed E-state index contributed by atoms with van der Waals surface area (Å²) in [5.74, 6) is -0.240. The van der Waals surface area contributed by atoms with Crippen LogP contribution in [0.2, 0.25) is 0 Å². The molecule has 0 radical (unpaired) electrons. The van der Waals surface area contributed by atoms with Gasteiger partial charge in [-0.3, -0.25) is 10.1 Å². The molecule has 4 heteroatoms. The SMILES string of the molecule is CC1(c2ccccc2)CCC2C(=O)NC(=O)NC21. The minimum absolute atomic E-state index is 0.0962. The highest BCUT2D eigenvalue weighted by molar-refractivity contribution is 5.99. The Morgan fingerprint density at radius 3 is 2.67 bits per heavy atom. The van der Waals surface area contributed by atoms with E-state index in [1.807, 2.05) is 18.2 Å². The number of fused-ring (bicyclic) bond motifs is 1. The third-order valence-corrected chi connectivity index (χ3v) is 4.36. The van der Waals surface area contributed by atoms with Gasteiger partial charge in [0.05, 0.1) is 12.0 Å². The lowest BCUT2D eigenvalue weighted by atomic mass is 9.76. The van der Waals surface area contributed by atoms with Gasteiger partial charge in [-0.15, -0.1) is 0 Å². The lowest BCUT2D eigenvalue weighted by Gasteiger charge is -2.37. The highest BCUT2D eigenvalue weighted by Gasteiger charge is 2.52. The van der Waals surface area contributed by atoms with E-state index in [9.17, 15) is 9.59 Å². The van der Waals surface area contributed by atoms with Crippen molar-refractivity contribution < 1.29 is 9.59 Å². The molecule has 2 N–H and O–H groups in total. The van der Waals surface area contributed by atoms with E-state index in [1.165, 1.54) is 5.56 Å². The molecule has 0 aromatic heterocycles. The first-order chi connectivity index (χ1) is 8.61. The minimum atomic E-state index is -0.370. The first-order valence-electron chi connectivity index (χ1n) is 6.28. The maximum Gasteiger partial charge on any atom is 0.321 e. The quantitative estimate of drug-likeness (QED) is 0.787. The van der Waals surface area contributed by atoms with E-state index in [1.54, 1.807) is 0 Å². The first kappa shape index (κ1) is 11.3. The summed E-state index contributed by atoms with van der Waals surface area (Å²) >= 11 is 0. The molecule has 1 aromatic rings. The van der Waals surface area contributed by atoms with Crippen molar-refractivity contribution in [1.82, 2.24) is 10.6 Å². The Morgan fingerprint density at radius 1 is 1.22 bits per heavy atom. The molecule has 1 aliphatic carbocycles. The fourth-order valence-corrected chi connectivity index (χ4v) is 3.29. The normalized spacial score (nSPS) is 34.7. The number of amides is 3. The topological polar surface area (TPSA) is 58.2 Å². The first-order valence-corrected chi connectivity index (χ1v) is 6.28. The second kappa shape index (κ2) is 3.83. The zero-order valence-corrected chi connectivity index (χ0v) is 10.3. The summed E-state index contributed by atoms with van der Waals surface area (Å²) in [4.78, 5) is 23.3. The zero-order valence-electron chi connectivity index (χ0n) is 10.3. The third kappa shape index (κ3) is 1.52. The van der Waals surface area contributed by atoms with Gasteiger partial charge in [-0.1, -0.05) is 37.3 Å². The van der Waals surface area contributed by atoms with Crippen LogP contribution < -0.4 is 10.6 Å². The molecular formula is C14H16N2O2. The molecule has 18 heavy (non-hydrogen) atoms. The van der Waals surface area contributed by atoms with Crippen LogP contribution in [0, 0.1) is 5.92 Å². The molecule has 0 bridgehead atoms. The van der Waals surface area contributed by atoms with Crippen molar-refractivity contribution >= 4 is 11.9 Å². The summed E-state index contributed by atoms with van der Waals surface area (Å²) in [5.41, 5.74) is 1.03. The molecule has 94 valence electrons. The van der Waals surface area contributed by atoms with E-state index in [-0.39, 0.29) is 29.3 Å². The lowest BCUT2D eigenvalue weighted by molar-refractivity contribution is -0.125. The second-order valence-electron chi connectivity index (χ2n) is 5.37. The van der Waals surface area contributed by atoms with Crippen LogP contribution >= 0.6 is 0 Å². The Morgan fingerprint density at radius 2 is 1.94 bits per heavy atom. The number of imide groups is 1. The number of carbonyl (C=O) groups is 2. The van der Waals surface area contributed by atoms with Gasteiger partial charge >= 0.3 is 6.03 Å². The van der Waals surface area contributed by atoms with E-state index in [4.69, 9.17) is 0 Å². The predicted octanol–water partition coefficient (Wildman–Crippen LogP) is 1.56. The highest BCUT2D eigenvalue weighted by atomic mass is 16.2. The van der Waals surface area contributed by atoms with Crippen LogP contribution in [0.15, 0.2) is 30.3 Å². The highest BCUT2D eigenvalue weighted by Crippen LogP contribution is 2.44. The Bertz CT molecular complexity index is 500. The molecule has 3 rings (SSSR count). The van der Waals surface area contributed by atoms with Gasteiger partial charge < -0.3 is 5.32 Å². The van der Waals surface area contributed by atoms with Crippen molar-refractivity contribution in [2.45, 2.75) is 31.2 Å². The standard InChI is InChI=1S/C14H16N2O2/c1-14(9-5-3-2-4-6-9)8-7-10-11(14)15-13(18)16-12(10)17/h2-6,10-11H,7-8H2,1H3,(H2,15,16,17,18). The molecule has 2 fully saturated rings. The number of hydrogen-bond donors (Lipinski definition) is 2. The summed E-state index contributed by atoms with van der Waals surface area (Å²) in [7, 11) is 0. The number of nitrogens with one attached hydrogen (secondary N) is 2. The average molecular weight is 244 g/mol. The second-order valence-corrected chi connectivity index (χ2v) is 5.37. The molecule has 1 saturated heterocycles. The van der Waals surface area contributed by atoms with Crippen LogP contribution in [0.4, 0.5) is 4.79 Å². The van der Waals surface area contributed by atoms with Gasteiger partial charge in [0.15, 0.2) is 0 Å². The van der Waals surface area contributed by atoms with Crippen molar-refractivity contribution in [2.24, 2.45) is 5.92 Å². The Kier molecular flexibility index (Phi) is 2.40. The maximum absolute atomic E-state index is 11.8. The Labute approximate surface area is 106 Å². The van der Waals surface area contributed by atoms with E-state index < -0.39 is 0 Å². The third-order valence-electron chi connectivity index (χ3n) is 4.36. The van der Waals surface area contributed by atoms with E-state index in [0.717, 1.165) is 12.8 Å². The fraction of sp³-hybridized carbons (Fsp3) is 0.429. The van der Waals surface area contributed by atoms with Crippen molar-refractivity contribution in [1.29, 1.82) is 0 Å². The molecule has 0 spiro atoms. The van der Waals surface area contributed by atoms with E-state index in [0.29, 0.717) is 0 Å². The Balaban J connectivity index is 1.99. The molecule has 1 aromatic carbocycles. The van der Waals surface area contributed by atoms with Crippen LogP contribution in [-0.2, 0) is 10.2 Å². The number of benzene rings is 1. The number of rotatable bonds is 1. The fourth-order valence-electron chi connectivity index (χ4n) is 3.29. The average Bonchev–Trinajstić information content (AvgIpc) is 2.70. The van der Waals surface area contributed by atoms with Crippen molar-refractivity contribution in [3.8, 4) is 0 Å². The maximum atomic E-state index is 11.8. The van der Waals surface area contributed by atoms with Gasteiger partial charge in [-0.05, 0) is 18.4 Å². The molecule has 1 aliphatic heterocycles. The van der Waals surface area contributed by atoms with Gasteiger partial charge in [0.1, 0.15) is 0 Å². The van der Waals surface area contributed by atoms with Crippen molar-refractivity contribution in [3.63, 3.8) is 0 Å². The van der Waals surface area contributed by atoms with E-state index >= 15 is 0 Å². The summed E-state index contributed by atoms with van der Waals surface area (Å²) in [6.07, 6.45) is 1.74. The van der Waals surface area contributed by atoms with Gasteiger partial charge in [0.2, 0.25) is 5.91 Å². The number of carbonyl (C=O) groups excluding carboxylic acids is 2. The van der Waals surface area contributed by atoms with Crippen LogP contribution in [0.1, 0.15) is 25.3 Å². The van der Waals surface area contributed by atoms with Gasteiger partial charge in [0, 0.05) is 5.41 Å². The molecule has 1 saturated carbocycles. The molecule has 3 amide bonds. The van der Waals surface area contributed by atoms with Crippen LogP contribution in [0.3, 0.4) is 0 Å². The van der Waals surface area contributed by atoms with Gasteiger partial charge in [-0.25, -0.2) is 4.79 Å². The van der Waals surface area contributed by atoms with Crippen molar-refractivity contribution in [3.05, 3.63) is 35.9 Å². The molecule has 3 atom stereocenters. The molecule has 2 aliphatic rings.